The molecule has 174 valence electrons. The van der Waals surface area contributed by atoms with Crippen molar-refractivity contribution < 1.29 is 19.0 Å². The molecule has 35 heavy (non-hydrogen) atoms. The molecule has 2 heterocycles. The summed E-state index contributed by atoms with van der Waals surface area (Å²) in [4.78, 5) is 13.2. The molecular formula is C26H16Cl2N2O4S. The lowest BCUT2D eigenvalue weighted by Gasteiger charge is -2.27. The van der Waals surface area contributed by atoms with E-state index >= 15 is 0 Å². The smallest absolute Gasteiger partial charge is 0.355 e. The van der Waals surface area contributed by atoms with Gasteiger partial charge in [0.1, 0.15) is 33.8 Å². The lowest BCUT2D eigenvalue weighted by molar-refractivity contribution is 0.0740. The van der Waals surface area contributed by atoms with Gasteiger partial charge in [-0.2, -0.15) is 5.26 Å². The van der Waals surface area contributed by atoms with E-state index in [-0.39, 0.29) is 27.1 Å². The Labute approximate surface area is 214 Å². The van der Waals surface area contributed by atoms with Crippen molar-refractivity contribution in [3.05, 3.63) is 98.2 Å². The summed E-state index contributed by atoms with van der Waals surface area (Å²) in [5, 5.41) is 11.1. The van der Waals surface area contributed by atoms with Crippen LogP contribution < -0.4 is 19.9 Å². The van der Waals surface area contributed by atoms with Crippen molar-refractivity contribution in [1.82, 2.24) is 0 Å². The lowest BCUT2D eigenvalue weighted by atomic mass is 9.83. The summed E-state index contributed by atoms with van der Waals surface area (Å²) in [6, 6.07) is 19.8. The molecule has 2 N–H and O–H groups in total. The number of halogens is 2. The standard InChI is InChI=1S/C26H16Cl2N2O4S/c1-32-18-7-3-2-5-14(18)21-15-10-9-13(11-19(15)34-25(30)16(21)12-29)33-26(31)24-23(28)22-17(27)6-4-8-20(22)35-24/h2-11,21H,30H2,1H3. The molecule has 0 saturated heterocycles. The fourth-order valence-electron chi connectivity index (χ4n) is 4.08. The fourth-order valence-corrected chi connectivity index (χ4v) is 5.90. The third-order valence-electron chi connectivity index (χ3n) is 5.64. The maximum absolute atomic E-state index is 12.9. The van der Waals surface area contributed by atoms with Crippen LogP contribution in [-0.2, 0) is 0 Å². The minimum absolute atomic E-state index is 0.0263. The maximum Gasteiger partial charge on any atom is 0.355 e. The molecule has 1 atom stereocenters. The number of carbonyl (C=O) groups is 1. The molecule has 4 aromatic rings. The van der Waals surface area contributed by atoms with E-state index in [0.29, 0.717) is 27.5 Å². The molecule has 0 radical (unpaired) electrons. The Kier molecular flexibility index (Phi) is 6.03. The number of para-hydroxylation sites is 1. The molecule has 6 nitrogen and oxygen atoms in total. The van der Waals surface area contributed by atoms with Crippen LogP contribution >= 0.6 is 34.5 Å². The van der Waals surface area contributed by atoms with Crippen LogP contribution in [0, 0.1) is 11.3 Å². The van der Waals surface area contributed by atoms with Gasteiger partial charge in [-0.05, 0) is 24.3 Å². The molecule has 0 fully saturated rings. The average Bonchev–Trinajstić information content (AvgIpc) is 3.20. The number of hydrogen-bond donors (Lipinski definition) is 1. The van der Waals surface area contributed by atoms with Crippen molar-refractivity contribution in [2.75, 3.05) is 7.11 Å². The Hall–Kier alpha value is -3.70. The number of carbonyl (C=O) groups excluding carboxylic acids is 1. The highest BCUT2D eigenvalue weighted by Gasteiger charge is 2.33. The van der Waals surface area contributed by atoms with Crippen LogP contribution in [0.5, 0.6) is 17.2 Å². The second-order valence-electron chi connectivity index (χ2n) is 7.61. The van der Waals surface area contributed by atoms with Crippen molar-refractivity contribution in [2.45, 2.75) is 5.92 Å². The van der Waals surface area contributed by atoms with Crippen molar-refractivity contribution in [1.29, 1.82) is 5.26 Å². The van der Waals surface area contributed by atoms with Crippen LogP contribution in [0.3, 0.4) is 0 Å². The number of nitrogens with zero attached hydrogens (tertiary/aromatic N) is 1. The molecule has 0 spiro atoms. The van der Waals surface area contributed by atoms with Gasteiger partial charge in [-0.15, -0.1) is 11.3 Å². The zero-order chi connectivity index (χ0) is 24.7. The number of esters is 1. The van der Waals surface area contributed by atoms with Crippen LogP contribution in [0.15, 0.2) is 72.1 Å². The minimum atomic E-state index is -0.620. The molecule has 1 unspecified atom stereocenters. The number of nitriles is 1. The van der Waals surface area contributed by atoms with Crippen molar-refractivity contribution in [3.8, 4) is 23.3 Å². The summed E-state index contributed by atoms with van der Waals surface area (Å²) in [7, 11) is 1.56. The molecule has 5 rings (SSSR count). The van der Waals surface area contributed by atoms with Gasteiger partial charge in [0.25, 0.3) is 0 Å². The van der Waals surface area contributed by atoms with Gasteiger partial charge < -0.3 is 19.9 Å². The first kappa shape index (κ1) is 23.1. The quantitative estimate of drug-likeness (QED) is 0.238. The summed E-state index contributed by atoms with van der Waals surface area (Å²) in [5.74, 6) is 0.0592. The summed E-state index contributed by atoms with van der Waals surface area (Å²) in [6.07, 6.45) is 0. The molecule has 0 saturated carbocycles. The normalized spacial score (nSPS) is 14.7. The summed E-state index contributed by atoms with van der Waals surface area (Å²) < 4.78 is 17.6. The van der Waals surface area contributed by atoms with Gasteiger partial charge in [0, 0.05) is 27.3 Å². The first-order valence-corrected chi connectivity index (χ1v) is 11.9. The van der Waals surface area contributed by atoms with Crippen LogP contribution in [0.25, 0.3) is 10.1 Å². The molecule has 0 aliphatic carbocycles. The Balaban J connectivity index is 1.52. The zero-order valence-electron chi connectivity index (χ0n) is 18.2. The first-order chi connectivity index (χ1) is 16.9. The maximum atomic E-state index is 12.9. The van der Waals surface area contributed by atoms with E-state index in [9.17, 15) is 10.1 Å². The topological polar surface area (TPSA) is 94.6 Å². The van der Waals surface area contributed by atoms with Gasteiger partial charge in [0.2, 0.25) is 5.88 Å². The van der Waals surface area contributed by atoms with E-state index in [4.69, 9.17) is 43.1 Å². The van der Waals surface area contributed by atoms with E-state index in [1.807, 2.05) is 30.3 Å². The molecule has 1 aliphatic heterocycles. The number of thiophene rings is 1. The molecule has 1 aliphatic rings. The highest BCUT2D eigenvalue weighted by Crippen LogP contribution is 2.46. The van der Waals surface area contributed by atoms with Gasteiger partial charge in [-0.1, -0.05) is 53.5 Å². The highest BCUT2D eigenvalue weighted by atomic mass is 35.5. The number of allylic oxidation sites excluding steroid dienone is 1. The Morgan fingerprint density at radius 1 is 1.11 bits per heavy atom. The molecule has 0 bridgehead atoms. The third-order valence-corrected chi connectivity index (χ3v) is 7.58. The van der Waals surface area contributed by atoms with Crippen LogP contribution in [0.2, 0.25) is 10.0 Å². The number of methoxy groups -OCH3 is 1. The lowest BCUT2D eigenvalue weighted by Crippen LogP contribution is -2.21. The van der Waals surface area contributed by atoms with Gasteiger partial charge >= 0.3 is 5.97 Å². The number of ether oxygens (including phenoxy) is 3. The van der Waals surface area contributed by atoms with Gasteiger partial charge in [0.15, 0.2) is 0 Å². The molecule has 1 aromatic heterocycles. The van der Waals surface area contributed by atoms with E-state index in [0.717, 1.165) is 10.3 Å². The van der Waals surface area contributed by atoms with Crippen molar-refractivity contribution >= 4 is 50.6 Å². The molecule has 9 heteroatoms. The SMILES string of the molecule is COc1ccccc1C1C(C#N)=C(N)Oc2cc(OC(=O)c3sc4cccc(Cl)c4c3Cl)ccc21. The number of hydrogen-bond acceptors (Lipinski definition) is 7. The van der Waals surface area contributed by atoms with Crippen molar-refractivity contribution in [2.24, 2.45) is 5.73 Å². The number of rotatable bonds is 4. The molecular weight excluding hydrogens is 507 g/mol. The Bertz CT molecular complexity index is 1570. The predicted octanol–water partition coefficient (Wildman–Crippen LogP) is 6.65. The molecule has 0 amide bonds. The summed E-state index contributed by atoms with van der Waals surface area (Å²) in [5.41, 5.74) is 7.81. The number of fused-ring (bicyclic) bond motifs is 2. The second-order valence-corrected chi connectivity index (χ2v) is 9.45. The van der Waals surface area contributed by atoms with Gasteiger partial charge in [0.05, 0.1) is 23.1 Å². The monoisotopic (exact) mass is 522 g/mol. The Morgan fingerprint density at radius 3 is 2.66 bits per heavy atom. The van der Waals surface area contributed by atoms with Crippen molar-refractivity contribution in [3.63, 3.8) is 0 Å². The van der Waals surface area contributed by atoms with Gasteiger partial charge in [-0.25, -0.2) is 4.79 Å². The average molecular weight is 523 g/mol. The van der Waals surface area contributed by atoms with E-state index in [2.05, 4.69) is 6.07 Å². The molecule has 3 aromatic carbocycles. The number of nitrogens with two attached hydrogens (primary N) is 1. The Morgan fingerprint density at radius 2 is 1.91 bits per heavy atom. The summed E-state index contributed by atoms with van der Waals surface area (Å²) >= 11 is 13.9. The van der Waals surface area contributed by atoms with E-state index in [1.54, 1.807) is 37.4 Å². The van der Waals surface area contributed by atoms with Gasteiger partial charge in [-0.3, -0.25) is 0 Å². The van der Waals surface area contributed by atoms with Crippen LogP contribution in [0.1, 0.15) is 26.7 Å². The van der Waals surface area contributed by atoms with Crippen LogP contribution in [-0.4, -0.2) is 13.1 Å². The zero-order valence-corrected chi connectivity index (χ0v) is 20.5. The first-order valence-electron chi connectivity index (χ1n) is 10.4. The predicted molar refractivity (Wildman–Crippen MR) is 136 cm³/mol. The van der Waals surface area contributed by atoms with E-state index in [1.165, 1.54) is 11.3 Å². The second kappa shape index (κ2) is 9.16. The summed E-state index contributed by atoms with van der Waals surface area (Å²) in [6.45, 7) is 0. The highest BCUT2D eigenvalue weighted by molar-refractivity contribution is 7.21. The minimum Gasteiger partial charge on any atom is -0.496 e. The van der Waals surface area contributed by atoms with E-state index < -0.39 is 11.9 Å². The largest absolute Gasteiger partial charge is 0.496 e. The van der Waals surface area contributed by atoms with Crippen LogP contribution in [0.4, 0.5) is 0 Å². The number of benzene rings is 3. The fraction of sp³-hybridized carbons (Fsp3) is 0.0769. The third kappa shape index (κ3) is 3.96.